The van der Waals surface area contributed by atoms with Crippen molar-refractivity contribution < 1.29 is 4.79 Å². The molecule has 0 aromatic heterocycles. The van der Waals surface area contributed by atoms with E-state index in [4.69, 9.17) is 0 Å². The molecule has 0 spiro atoms. The first-order valence-corrected chi connectivity index (χ1v) is 5.98. The van der Waals surface area contributed by atoms with Crippen LogP contribution >= 0.6 is 0 Å². The fourth-order valence-electron chi connectivity index (χ4n) is 2.33. The van der Waals surface area contributed by atoms with Crippen LogP contribution in [0.3, 0.4) is 0 Å². The molecule has 0 radical (unpaired) electrons. The van der Waals surface area contributed by atoms with E-state index in [1.807, 2.05) is 12.1 Å². The monoisotopic (exact) mass is 226 g/mol. The number of fused-ring (bicyclic) bond motifs is 1. The number of carbonyl (C=O) groups is 1. The first kappa shape index (κ1) is 11.8. The van der Waals surface area contributed by atoms with Gasteiger partial charge in [0.2, 0.25) is 0 Å². The number of benzene rings is 2. The molecule has 2 rings (SSSR count). The second-order valence-electron chi connectivity index (χ2n) is 5.32. The molecule has 0 heterocycles. The number of ketones is 1. The molecule has 88 valence electrons. The third-order valence-electron chi connectivity index (χ3n) is 3.22. The molecular formula is C16H18O. The molecular weight excluding hydrogens is 208 g/mol. The fraction of sp³-hybridized carbons (Fsp3) is 0.312. The van der Waals surface area contributed by atoms with Crippen molar-refractivity contribution in [1.82, 2.24) is 0 Å². The van der Waals surface area contributed by atoms with Gasteiger partial charge < -0.3 is 0 Å². The van der Waals surface area contributed by atoms with E-state index in [0.717, 1.165) is 0 Å². The largest absolute Gasteiger partial charge is 0.300 e. The summed E-state index contributed by atoms with van der Waals surface area (Å²) in [5.74, 6) is 0.239. The summed E-state index contributed by atoms with van der Waals surface area (Å²) in [6, 6.07) is 14.8. The molecule has 0 amide bonds. The highest BCUT2D eigenvalue weighted by molar-refractivity contribution is 5.84. The van der Waals surface area contributed by atoms with Gasteiger partial charge in [-0.3, -0.25) is 4.79 Å². The van der Waals surface area contributed by atoms with Gasteiger partial charge in [0.05, 0.1) is 0 Å². The molecule has 17 heavy (non-hydrogen) atoms. The summed E-state index contributed by atoms with van der Waals surface area (Å²) in [4.78, 5) is 11.3. The van der Waals surface area contributed by atoms with Crippen molar-refractivity contribution in [2.75, 3.05) is 0 Å². The Hall–Kier alpha value is -1.63. The van der Waals surface area contributed by atoms with Crippen molar-refractivity contribution in [3.63, 3.8) is 0 Å². The van der Waals surface area contributed by atoms with Gasteiger partial charge in [-0.05, 0) is 28.7 Å². The molecule has 0 saturated carbocycles. The number of rotatable bonds is 3. The second-order valence-corrected chi connectivity index (χ2v) is 5.32. The van der Waals surface area contributed by atoms with Gasteiger partial charge in [0.1, 0.15) is 5.78 Å². The number of carbonyl (C=O) groups excluding carboxylic acids is 1. The van der Waals surface area contributed by atoms with Crippen molar-refractivity contribution in [3.8, 4) is 0 Å². The minimum atomic E-state index is -0.0874. The molecule has 0 atom stereocenters. The van der Waals surface area contributed by atoms with E-state index >= 15 is 0 Å². The molecule has 0 aliphatic rings. The lowest BCUT2D eigenvalue weighted by Gasteiger charge is -2.24. The van der Waals surface area contributed by atoms with E-state index < -0.39 is 0 Å². The fourth-order valence-corrected chi connectivity index (χ4v) is 2.33. The van der Waals surface area contributed by atoms with Gasteiger partial charge in [0.15, 0.2) is 0 Å². The average Bonchev–Trinajstić information content (AvgIpc) is 2.26. The van der Waals surface area contributed by atoms with Crippen LogP contribution in [0.2, 0.25) is 0 Å². The third-order valence-corrected chi connectivity index (χ3v) is 3.22. The van der Waals surface area contributed by atoms with E-state index in [1.54, 1.807) is 6.92 Å². The summed E-state index contributed by atoms with van der Waals surface area (Å²) in [7, 11) is 0. The molecule has 0 saturated heterocycles. The first-order chi connectivity index (χ1) is 7.99. The Morgan fingerprint density at radius 1 is 1.06 bits per heavy atom. The highest BCUT2D eigenvalue weighted by Gasteiger charge is 2.22. The molecule has 0 aliphatic carbocycles. The summed E-state index contributed by atoms with van der Waals surface area (Å²) in [5.41, 5.74) is 1.14. The Kier molecular flexibility index (Phi) is 3.01. The topological polar surface area (TPSA) is 17.1 Å². The lowest BCUT2D eigenvalue weighted by molar-refractivity contribution is -0.118. The number of hydrogen-bond donors (Lipinski definition) is 0. The number of Topliss-reactive ketones (excluding diaryl/α,β-unsaturated/α-hetero) is 1. The smallest absolute Gasteiger partial charge is 0.130 e. The van der Waals surface area contributed by atoms with Gasteiger partial charge in [-0.25, -0.2) is 0 Å². The van der Waals surface area contributed by atoms with Crippen LogP contribution in [0.1, 0.15) is 32.8 Å². The van der Waals surface area contributed by atoms with Gasteiger partial charge in [-0.2, -0.15) is 0 Å². The zero-order valence-electron chi connectivity index (χ0n) is 10.7. The molecule has 0 aliphatic heterocycles. The van der Waals surface area contributed by atoms with Crippen LogP contribution in [0.5, 0.6) is 0 Å². The molecule has 0 bridgehead atoms. The number of hydrogen-bond acceptors (Lipinski definition) is 1. The third kappa shape index (κ3) is 2.55. The zero-order valence-corrected chi connectivity index (χ0v) is 10.7. The maximum Gasteiger partial charge on any atom is 0.130 e. The van der Waals surface area contributed by atoms with Crippen LogP contribution in [-0.2, 0) is 10.2 Å². The zero-order chi connectivity index (χ0) is 12.5. The SMILES string of the molecule is CC(=O)CC(C)(C)c1ccc2ccccc2c1. The summed E-state index contributed by atoms with van der Waals surface area (Å²) in [6.07, 6.45) is 0.589. The lowest BCUT2D eigenvalue weighted by atomic mass is 9.80. The van der Waals surface area contributed by atoms with Crippen LogP contribution in [0.15, 0.2) is 42.5 Å². The van der Waals surface area contributed by atoms with Crippen LogP contribution in [0, 0.1) is 0 Å². The van der Waals surface area contributed by atoms with E-state index in [1.165, 1.54) is 16.3 Å². The summed E-state index contributed by atoms with van der Waals surface area (Å²) < 4.78 is 0. The summed E-state index contributed by atoms with van der Waals surface area (Å²) >= 11 is 0. The van der Waals surface area contributed by atoms with Gasteiger partial charge in [0, 0.05) is 6.42 Å². The normalized spacial score (nSPS) is 11.7. The van der Waals surface area contributed by atoms with Crippen LogP contribution in [0.25, 0.3) is 10.8 Å². The highest BCUT2D eigenvalue weighted by Crippen LogP contribution is 2.29. The average molecular weight is 226 g/mol. The second kappa shape index (κ2) is 4.33. The van der Waals surface area contributed by atoms with Crippen LogP contribution in [0.4, 0.5) is 0 Å². The Morgan fingerprint density at radius 2 is 1.71 bits per heavy atom. The highest BCUT2D eigenvalue weighted by atomic mass is 16.1. The predicted octanol–water partition coefficient (Wildman–Crippen LogP) is 4.10. The van der Waals surface area contributed by atoms with Crippen molar-refractivity contribution in [2.24, 2.45) is 0 Å². The van der Waals surface area contributed by atoms with Crippen molar-refractivity contribution in [2.45, 2.75) is 32.6 Å². The van der Waals surface area contributed by atoms with Gasteiger partial charge in [-0.1, -0.05) is 56.3 Å². The maximum atomic E-state index is 11.3. The Labute approximate surface area is 102 Å². The first-order valence-electron chi connectivity index (χ1n) is 5.98. The lowest BCUT2D eigenvalue weighted by Crippen LogP contribution is -2.20. The molecule has 1 heteroatoms. The standard InChI is InChI=1S/C16H18O/c1-12(17)11-16(2,3)15-9-8-13-6-4-5-7-14(13)10-15/h4-10H,11H2,1-3H3. The van der Waals surface area contributed by atoms with E-state index in [9.17, 15) is 4.79 Å². The van der Waals surface area contributed by atoms with E-state index in [2.05, 4.69) is 44.2 Å². The molecule has 2 aromatic rings. The molecule has 1 nitrogen and oxygen atoms in total. The van der Waals surface area contributed by atoms with Gasteiger partial charge >= 0.3 is 0 Å². The molecule has 0 fully saturated rings. The summed E-state index contributed by atoms with van der Waals surface area (Å²) in [6.45, 7) is 5.90. The predicted molar refractivity (Wildman–Crippen MR) is 72.3 cm³/mol. The molecule has 0 unspecified atom stereocenters. The maximum absolute atomic E-state index is 11.3. The van der Waals surface area contributed by atoms with Crippen molar-refractivity contribution in [3.05, 3.63) is 48.0 Å². The Morgan fingerprint density at radius 3 is 2.35 bits per heavy atom. The van der Waals surface area contributed by atoms with E-state index in [0.29, 0.717) is 6.42 Å². The Balaban J connectivity index is 2.45. The minimum Gasteiger partial charge on any atom is -0.300 e. The quantitative estimate of drug-likeness (QED) is 0.770. The van der Waals surface area contributed by atoms with Gasteiger partial charge in [0.25, 0.3) is 0 Å². The summed E-state index contributed by atoms with van der Waals surface area (Å²) in [5, 5.41) is 2.48. The van der Waals surface area contributed by atoms with Crippen LogP contribution in [-0.4, -0.2) is 5.78 Å². The van der Waals surface area contributed by atoms with E-state index in [-0.39, 0.29) is 11.2 Å². The molecule has 2 aromatic carbocycles. The Bertz CT molecular complexity index is 552. The van der Waals surface area contributed by atoms with Crippen LogP contribution < -0.4 is 0 Å². The van der Waals surface area contributed by atoms with Crippen molar-refractivity contribution in [1.29, 1.82) is 0 Å². The van der Waals surface area contributed by atoms with Crippen molar-refractivity contribution >= 4 is 16.6 Å². The molecule has 0 N–H and O–H groups in total. The van der Waals surface area contributed by atoms with Gasteiger partial charge in [-0.15, -0.1) is 0 Å². The minimum absolute atomic E-state index is 0.0874.